The fraction of sp³-hybridized carbons (Fsp3) is 0.579. The van der Waals surface area contributed by atoms with E-state index in [-0.39, 0.29) is 11.8 Å². The van der Waals surface area contributed by atoms with E-state index in [0.29, 0.717) is 30.3 Å². The van der Waals surface area contributed by atoms with Crippen molar-refractivity contribution in [2.24, 2.45) is 5.92 Å². The molecular weight excluding hydrogens is 304 g/mol. The fourth-order valence-electron chi connectivity index (χ4n) is 3.69. The first-order valence-corrected chi connectivity index (χ1v) is 8.92. The fourth-order valence-corrected chi connectivity index (χ4v) is 3.69. The molecule has 0 unspecified atom stereocenters. The van der Waals surface area contributed by atoms with Crippen molar-refractivity contribution in [1.82, 2.24) is 9.80 Å². The van der Waals surface area contributed by atoms with Crippen molar-refractivity contribution in [2.45, 2.75) is 32.1 Å². The molecule has 1 aromatic carbocycles. The molecule has 0 atom stereocenters. The van der Waals surface area contributed by atoms with Crippen molar-refractivity contribution < 1.29 is 14.3 Å². The largest absolute Gasteiger partial charge is 0.496 e. The molecule has 2 heterocycles. The van der Waals surface area contributed by atoms with Crippen LogP contribution in [0, 0.1) is 5.92 Å². The second-order valence-corrected chi connectivity index (χ2v) is 6.65. The lowest BCUT2D eigenvalue weighted by Gasteiger charge is -2.35. The second-order valence-electron chi connectivity index (χ2n) is 6.65. The van der Waals surface area contributed by atoms with Crippen LogP contribution in [0.2, 0.25) is 0 Å². The van der Waals surface area contributed by atoms with E-state index in [1.807, 2.05) is 21.9 Å². The number of hydrogen-bond acceptors (Lipinski definition) is 3. The van der Waals surface area contributed by atoms with Gasteiger partial charge < -0.3 is 14.5 Å². The van der Waals surface area contributed by atoms with Gasteiger partial charge in [0.25, 0.3) is 5.91 Å². The third kappa shape index (κ3) is 3.55. The molecule has 0 aromatic heterocycles. The maximum absolute atomic E-state index is 12.7. The van der Waals surface area contributed by atoms with Crippen molar-refractivity contribution in [3.05, 3.63) is 29.8 Å². The standard InChI is InChI=1S/C19H26N2O3/c1-24-17-8-4-3-7-16(17)19(23)21-13-9-15(10-14-21)18(22)20-11-5-2-6-12-20/h3-4,7-8,15H,2,5-6,9-14H2,1H3. The molecule has 2 aliphatic heterocycles. The second kappa shape index (κ2) is 7.69. The summed E-state index contributed by atoms with van der Waals surface area (Å²) < 4.78 is 5.29. The maximum atomic E-state index is 12.7. The Balaban J connectivity index is 1.58. The molecule has 2 fully saturated rings. The van der Waals surface area contributed by atoms with Gasteiger partial charge in [0.05, 0.1) is 12.7 Å². The highest BCUT2D eigenvalue weighted by molar-refractivity contribution is 5.97. The summed E-state index contributed by atoms with van der Waals surface area (Å²) in [6, 6.07) is 7.31. The Morgan fingerprint density at radius 3 is 2.29 bits per heavy atom. The molecule has 5 heteroatoms. The van der Waals surface area contributed by atoms with Crippen molar-refractivity contribution in [3.8, 4) is 5.75 Å². The minimum atomic E-state index is -0.00341. The molecule has 3 rings (SSSR count). The number of hydrogen-bond donors (Lipinski definition) is 0. The number of ether oxygens (including phenoxy) is 1. The number of carbonyl (C=O) groups is 2. The van der Waals surface area contributed by atoms with Crippen LogP contribution in [0.4, 0.5) is 0 Å². The van der Waals surface area contributed by atoms with Crippen molar-refractivity contribution >= 4 is 11.8 Å². The molecule has 2 aliphatic rings. The normalized spacial score (nSPS) is 19.2. The van der Waals surface area contributed by atoms with Gasteiger partial charge in [-0.15, -0.1) is 0 Å². The van der Waals surface area contributed by atoms with E-state index in [0.717, 1.165) is 38.8 Å². The third-order valence-electron chi connectivity index (χ3n) is 5.14. The van der Waals surface area contributed by atoms with Crippen LogP contribution < -0.4 is 4.74 Å². The van der Waals surface area contributed by atoms with Crippen LogP contribution in [0.15, 0.2) is 24.3 Å². The minimum Gasteiger partial charge on any atom is -0.496 e. The van der Waals surface area contributed by atoms with Gasteiger partial charge in [-0.25, -0.2) is 0 Å². The topological polar surface area (TPSA) is 49.9 Å². The summed E-state index contributed by atoms with van der Waals surface area (Å²) in [7, 11) is 1.58. The van der Waals surface area contributed by atoms with Gasteiger partial charge in [0, 0.05) is 32.1 Å². The van der Waals surface area contributed by atoms with E-state index in [4.69, 9.17) is 4.74 Å². The lowest BCUT2D eigenvalue weighted by Crippen LogP contribution is -2.45. The summed E-state index contributed by atoms with van der Waals surface area (Å²) >= 11 is 0. The smallest absolute Gasteiger partial charge is 0.257 e. The zero-order valence-corrected chi connectivity index (χ0v) is 14.4. The Morgan fingerprint density at radius 2 is 1.62 bits per heavy atom. The van der Waals surface area contributed by atoms with Crippen LogP contribution in [-0.2, 0) is 4.79 Å². The highest BCUT2D eigenvalue weighted by Gasteiger charge is 2.31. The summed E-state index contributed by atoms with van der Waals surface area (Å²) in [4.78, 5) is 29.2. The van der Waals surface area contributed by atoms with Gasteiger partial charge in [-0.2, -0.15) is 0 Å². The number of benzene rings is 1. The van der Waals surface area contributed by atoms with E-state index in [2.05, 4.69) is 0 Å². The van der Waals surface area contributed by atoms with Gasteiger partial charge in [0.15, 0.2) is 0 Å². The number of piperidine rings is 2. The Labute approximate surface area is 143 Å². The number of likely N-dealkylation sites (tertiary alicyclic amines) is 2. The van der Waals surface area contributed by atoms with Crippen LogP contribution in [-0.4, -0.2) is 54.9 Å². The predicted octanol–water partition coefficient (Wildman–Crippen LogP) is 2.56. The Bertz CT molecular complexity index is 588. The zero-order valence-electron chi connectivity index (χ0n) is 14.4. The lowest BCUT2D eigenvalue weighted by atomic mass is 9.94. The van der Waals surface area contributed by atoms with E-state index in [1.54, 1.807) is 19.2 Å². The molecule has 0 radical (unpaired) electrons. The monoisotopic (exact) mass is 330 g/mol. The summed E-state index contributed by atoms with van der Waals surface area (Å²) in [6.45, 7) is 3.08. The van der Waals surface area contributed by atoms with E-state index < -0.39 is 0 Å². The summed E-state index contributed by atoms with van der Waals surface area (Å²) in [6.07, 6.45) is 5.00. The van der Waals surface area contributed by atoms with E-state index in [1.165, 1.54) is 6.42 Å². The number of para-hydroxylation sites is 1. The molecule has 0 bridgehead atoms. The highest BCUT2D eigenvalue weighted by atomic mass is 16.5. The Hall–Kier alpha value is -2.04. The number of methoxy groups -OCH3 is 1. The molecule has 2 saturated heterocycles. The van der Waals surface area contributed by atoms with Crippen molar-refractivity contribution in [2.75, 3.05) is 33.3 Å². The first-order chi connectivity index (χ1) is 11.7. The minimum absolute atomic E-state index is 0.00341. The molecule has 2 amide bonds. The van der Waals surface area contributed by atoms with E-state index >= 15 is 0 Å². The molecule has 130 valence electrons. The van der Waals surface area contributed by atoms with Gasteiger partial charge in [0.1, 0.15) is 5.75 Å². The molecule has 0 spiro atoms. The van der Waals surface area contributed by atoms with Gasteiger partial charge in [-0.1, -0.05) is 12.1 Å². The summed E-state index contributed by atoms with van der Waals surface area (Å²) in [5.41, 5.74) is 0.598. The predicted molar refractivity (Wildman–Crippen MR) is 92.1 cm³/mol. The van der Waals surface area contributed by atoms with E-state index in [9.17, 15) is 9.59 Å². The molecule has 0 aliphatic carbocycles. The van der Waals surface area contributed by atoms with Crippen LogP contribution in [0.3, 0.4) is 0 Å². The van der Waals surface area contributed by atoms with Gasteiger partial charge in [-0.05, 0) is 44.2 Å². The Morgan fingerprint density at radius 1 is 0.958 bits per heavy atom. The van der Waals surface area contributed by atoms with Crippen LogP contribution in [0.5, 0.6) is 5.75 Å². The molecule has 1 aromatic rings. The van der Waals surface area contributed by atoms with Crippen LogP contribution in [0.25, 0.3) is 0 Å². The maximum Gasteiger partial charge on any atom is 0.257 e. The summed E-state index contributed by atoms with van der Waals surface area (Å²) in [5.74, 6) is 0.967. The van der Waals surface area contributed by atoms with Crippen molar-refractivity contribution in [3.63, 3.8) is 0 Å². The number of rotatable bonds is 3. The first-order valence-electron chi connectivity index (χ1n) is 8.92. The van der Waals surface area contributed by atoms with Gasteiger partial charge >= 0.3 is 0 Å². The quantitative estimate of drug-likeness (QED) is 0.856. The molecule has 24 heavy (non-hydrogen) atoms. The van der Waals surface area contributed by atoms with Crippen LogP contribution >= 0.6 is 0 Å². The third-order valence-corrected chi connectivity index (χ3v) is 5.14. The lowest BCUT2D eigenvalue weighted by molar-refractivity contribution is -0.137. The molecule has 0 saturated carbocycles. The molecule has 0 N–H and O–H groups in total. The number of carbonyl (C=O) groups excluding carboxylic acids is 2. The number of amides is 2. The highest BCUT2D eigenvalue weighted by Crippen LogP contribution is 2.25. The SMILES string of the molecule is COc1ccccc1C(=O)N1CCC(C(=O)N2CCCCC2)CC1. The van der Waals surface area contributed by atoms with Gasteiger partial charge in [0.2, 0.25) is 5.91 Å². The van der Waals surface area contributed by atoms with Crippen LogP contribution in [0.1, 0.15) is 42.5 Å². The summed E-state index contributed by atoms with van der Waals surface area (Å²) in [5, 5.41) is 0. The Kier molecular flexibility index (Phi) is 5.38. The van der Waals surface area contributed by atoms with Crippen molar-refractivity contribution in [1.29, 1.82) is 0 Å². The molecular formula is C19H26N2O3. The average molecular weight is 330 g/mol. The first kappa shape index (κ1) is 16.8. The van der Waals surface area contributed by atoms with Gasteiger partial charge in [-0.3, -0.25) is 9.59 Å². The molecule has 5 nitrogen and oxygen atoms in total. The zero-order chi connectivity index (χ0) is 16.9. The number of nitrogens with zero attached hydrogens (tertiary/aromatic N) is 2. The average Bonchev–Trinajstić information content (AvgIpc) is 2.67.